The Hall–Kier alpha value is -2.70. The molecule has 1 saturated carbocycles. The van der Waals surface area contributed by atoms with E-state index in [9.17, 15) is 14.7 Å². The number of carbonyl (C=O) groups excluding carboxylic acids is 2. The zero-order chi connectivity index (χ0) is 19.6. The van der Waals surface area contributed by atoms with E-state index in [2.05, 4.69) is 17.6 Å². The lowest BCUT2D eigenvalue weighted by Crippen LogP contribution is -2.45. The second-order valence-corrected chi connectivity index (χ2v) is 7.29. The van der Waals surface area contributed by atoms with E-state index >= 15 is 0 Å². The van der Waals surface area contributed by atoms with Crippen LogP contribution in [0.4, 0.5) is 4.79 Å². The van der Waals surface area contributed by atoms with Gasteiger partial charge in [-0.1, -0.05) is 13.0 Å². The average Bonchev–Trinajstić information content (AvgIpc) is 2.63. The van der Waals surface area contributed by atoms with E-state index in [1.165, 1.54) is 13.2 Å². The Kier molecular flexibility index (Phi) is 5.58. The van der Waals surface area contributed by atoms with Crippen LogP contribution < -0.4 is 15.4 Å². The number of methoxy groups -OCH3 is 1. The van der Waals surface area contributed by atoms with Gasteiger partial charge in [0.25, 0.3) is 0 Å². The highest BCUT2D eigenvalue weighted by molar-refractivity contribution is 5.95. The Morgan fingerprint density at radius 2 is 1.93 bits per heavy atom. The Morgan fingerprint density at radius 3 is 2.59 bits per heavy atom. The predicted octanol–water partition coefficient (Wildman–Crippen LogP) is 3.15. The summed E-state index contributed by atoms with van der Waals surface area (Å²) in [7, 11) is 1.44. The smallest absolute Gasteiger partial charge is 0.338 e. The number of phenols is 1. The van der Waals surface area contributed by atoms with Gasteiger partial charge >= 0.3 is 12.0 Å². The Labute approximate surface area is 158 Å². The summed E-state index contributed by atoms with van der Waals surface area (Å²) >= 11 is 0. The van der Waals surface area contributed by atoms with Gasteiger partial charge < -0.3 is 25.2 Å². The summed E-state index contributed by atoms with van der Waals surface area (Å²) in [5.41, 5.74) is 1.45. The first-order valence-corrected chi connectivity index (χ1v) is 9.25. The van der Waals surface area contributed by atoms with Crippen LogP contribution >= 0.6 is 0 Å². The Balaban J connectivity index is 1.86. The van der Waals surface area contributed by atoms with Crippen LogP contribution in [0.5, 0.6) is 11.5 Å². The largest absolute Gasteiger partial charge is 0.504 e. The van der Waals surface area contributed by atoms with Crippen LogP contribution in [0.15, 0.2) is 29.5 Å². The van der Waals surface area contributed by atoms with Crippen LogP contribution in [0, 0.1) is 5.92 Å². The Bertz CT molecular complexity index is 766. The van der Waals surface area contributed by atoms with Crippen molar-refractivity contribution in [2.24, 2.45) is 5.92 Å². The minimum Gasteiger partial charge on any atom is -0.504 e. The third-order valence-electron chi connectivity index (χ3n) is 5.26. The first kappa shape index (κ1) is 19.1. The molecule has 0 spiro atoms. The molecule has 2 amide bonds. The molecule has 3 N–H and O–H groups in total. The Morgan fingerprint density at radius 1 is 1.22 bits per heavy atom. The number of allylic oxidation sites excluding steroid dienone is 1. The maximum absolute atomic E-state index is 12.9. The van der Waals surface area contributed by atoms with Crippen LogP contribution in [0.2, 0.25) is 0 Å². The molecular weight excluding hydrogens is 348 g/mol. The standard InChI is InChI=1S/C20H26N2O5/c1-11-4-7-14(8-5-11)27-19(24)17-12(2)21-20(25)22-18(17)13-6-9-15(23)16(10-13)26-3/h6,9-11,14,18,23H,4-5,7-8H2,1-3H3,(H2,21,22,25)/t11?,14?,18-/m0/s1. The number of benzene rings is 1. The molecule has 1 aromatic rings. The van der Waals surface area contributed by atoms with Gasteiger partial charge in [-0.2, -0.15) is 0 Å². The van der Waals surface area contributed by atoms with Gasteiger partial charge in [-0.05, 0) is 56.2 Å². The summed E-state index contributed by atoms with van der Waals surface area (Å²) in [6, 6.07) is 3.66. The quantitative estimate of drug-likeness (QED) is 0.704. The van der Waals surface area contributed by atoms with Gasteiger partial charge in [0.1, 0.15) is 6.10 Å². The molecule has 0 unspecified atom stereocenters. The molecule has 0 saturated heterocycles. The number of ether oxygens (including phenoxy) is 2. The van der Waals surface area contributed by atoms with Gasteiger partial charge in [0, 0.05) is 5.70 Å². The maximum atomic E-state index is 12.9. The molecular formula is C20H26N2O5. The van der Waals surface area contributed by atoms with E-state index in [4.69, 9.17) is 9.47 Å². The molecule has 7 nitrogen and oxygen atoms in total. The SMILES string of the molecule is COc1cc([C@@H]2NC(=O)NC(C)=C2C(=O)OC2CCC(C)CC2)ccc1O. The third-order valence-corrected chi connectivity index (χ3v) is 5.26. The first-order valence-electron chi connectivity index (χ1n) is 9.25. The van der Waals surface area contributed by atoms with Gasteiger partial charge in [-0.25, -0.2) is 9.59 Å². The fraction of sp³-hybridized carbons (Fsp3) is 0.500. The lowest BCUT2D eigenvalue weighted by Gasteiger charge is -2.31. The second-order valence-electron chi connectivity index (χ2n) is 7.29. The van der Waals surface area contributed by atoms with Gasteiger partial charge in [-0.3, -0.25) is 0 Å². The number of nitrogens with one attached hydrogen (secondary N) is 2. The highest BCUT2D eigenvalue weighted by atomic mass is 16.5. The highest BCUT2D eigenvalue weighted by Crippen LogP contribution is 2.34. The average molecular weight is 374 g/mol. The number of hydrogen-bond donors (Lipinski definition) is 3. The minimum absolute atomic E-state index is 0.0114. The van der Waals surface area contributed by atoms with Crippen LogP contribution in [-0.2, 0) is 9.53 Å². The van der Waals surface area contributed by atoms with E-state index in [0.717, 1.165) is 25.7 Å². The molecule has 3 rings (SSSR count). The molecule has 1 heterocycles. The third kappa shape index (κ3) is 4.18. The fourth-order valence-corrected chi connectivity index (χ4v) is 3.65. The number of urea groups is 1. The molecule has 1 fully saturated rings. The molecule has 1 atom stereocenters. The summed E-state index contributed by atoms with van der Waals surface area (Å²) in [6.45, 7) is 3.89. The summed E-state index contributed by atoms with van der Waals surface area (Å²) in [4.78, 5) is 24.9. The van der Waals surface area contributed by atoms with Crippen LogP contribution in [0.25, 0.3) is 0 Å². The van der Waals surface area contributed by atoms with E-state index in [1.54, 1.807) is 19.1 Å². The second kappa shape index (κ2) is 7.90. The lowest BCUT2D eigenvalue weighted by atomic mass is 9.88. The number of carbonyl (C=O) groups is 2. The fourth-order valence-electron chi connectivity index (χ4n) is 3.65. The van der Waals surface area contributed by atoms with Gasteiger partial charge in [0.2, 0.25) is 0 Å². The lowest BCUT2D eigenvalue weighted by molar-refractivity contribution is -0.146. The van der Waals surface area contributed by atoms with Crippen LogP contribution in [0.1, 0.15) is 51.1 Å². The summed E-state index contributed by atoms with van der Waals surface area (Å²) < 4.78 is 10.9. The predicted molar refractivity (Wildman–Crippen MR) is 99.3 cm³/mol. The van der Waals surface area contributed by atoms with Crippen molar-refractivity contribution < 1.29 is 24.2 Å². The van der Waals surface area contributed by atoms with E-state index in [0.29, 0.717) is 22.8 Å². The van der Waals surface area contributed by atoms with Crippen molar-refractivity contribution in [3.8, 4) is 11.5 Å². The summed E-state index contributed by atoms with van der Waals surface area (Å²) in [5.74, 6) is 0.486. The van der Waals surface area contributed by atoms with Crippen molar-refractivity contribution in [3.63, 3.8) is 0 Å². The van der Waals surface area contributed by atoms with Gasteiger partial charge in [-0.15, -0.1) is 0 Å². The van der Waals surface area contributed by atoms with Crippen molar-refractivity contribution in [1.29, 1.82) is 0 Å². The van der Waals surface area contributed by atoms with Crippen molar-refractivity contribution >= 4 is 12.0 Å². The topological polar surface area (TPSA) is 96.9 Å². The minimum atomic E-state index is -0.678. The molecule has 1 aliphatic carbocycles. The maximum Gasteiger partial charge on any atom is 0.338 e. The molecule has 1 aromatic carbocycles. The van der Waals surface area contributed by atoms with E-state index < -0.39 is 18.0 Å². The molecule has 7 heteroatoms. The van der Waals surface area contributed by atoms with Crippen molar-refractivity contribution in [3.05, 3.63) is 35.0 Å². The normalized spacial score (nSPS) is 25.4. The van der Waals surface area contributed by atoms with Gasteiger partial charge in [0.05, 0.1) is 18.7 Å². The molecule has 146 valence electrons. The number of aromatic hydroxyl groups is 1. The molecule has 0 aromatic heterocycles. The summed E-state index contributed by atoms with van der Waals surface area (Å²) in [6.07, 6.45) is 3.71. The number of phenolic OH excluding ortho intramolecular Hbond substituents is 1. The van der Waals surface area contributed by atoms with Crippen LogP contribution in [-0.4, -0.2) is 30.3 Å². The van der Waals surface area contributed by atoms with Crippen LogP contribution in [0.3, 0.4) is 0 Å². The molecule has 2 aliphatic rings. The summed E-state index contributed by atoms with van der Waals surface area (Å²) in [5, 5.41) is 15.2. The van der Waals surface area contributed by atoms with Crippen molar-refractivity contribution in [1.82, 2.24) is 10.6 Å². The van der Waals surface area contributed by atoms with E-state index in [-0.39, 0.29) is 17.6 Å². The van der Waals surface area contributed by atoms with Gasteiger partial charge in [0.15, 0.2) is 11.5 Å². The number of hydrogen-bond acceptors (Lipinski definition) is 5. The zero-order valence-corrected chi connectivity index (χ0v) is 15.9. The molecule has 0 radical (unpaired) electrons. The number of rotatable bonds is 4. The van der Waals surface area contributed by atoms with Crippen molar-refractivity contribution in [2.75, 3.05) is 7.11 Å². The monoisotopic (exact) mass is 374 g/mol. The zero-order valence-electron chi connectivity index (χ0n) is 15.9. The molecule has 0 bridgehead atoms. The van der Waals surface area contributed by atoms with E-state index in [1.807, 2.05) is 0 Å². The molecule has 27 heavy (non-hydrogen) atoms. The highest BCUT2D eigenvalue weighted by Gasteiger charge is 2.34. The number of esters is 1. The molecule has 1 aliphatic heterocycles. The van der Waals surface area contributed by atoms with Crippen molar-refractivity contribution in [2.45, 2.75) is 51.7 Å². The first-order chi connectivity index (χ1) is 12.9. The number of amides is 2.